The summed E-state index contributed by atoms with van der Waals surface area (Å²) in [6.07, 6.45) is 9.91. The Morgan fingerprint density at radius 1 is 1.27 bits per heavy atom. The van der Waals surface area contributed by atoms with E-state index in [-0.39, 0.29) is 11.9 Å². The fourth-order valence-electron chi connectivity index (χ4n) is 2.86. The molecular formula is C19H30O3. The molecule has 0 saturated heterocycles. The van der Waals surface area contributed by atoms with Gasteiger partial charge in [-0.2, -0.15) is 0 Å². The number of hydrogen-bond acceptors (Lipinski definition) is 3. The van der Waals surface area contributed by atoms with Crippen molar-refractivity contribution >= 4 is 0 Å². The summed E-state index contributed by atoms with van der Waals surface area (Å²) < 4.78 is 4.95. The number of aliphatic hydroxyl groups is 1. The van der Waals surface area contributed by atoms with Gasteiger partial charge in [0, 0.05) is 0 Å². The van der Waals surface area contributed by atoms with Crippen LogP contribution in [0.5, 0.6) is 11.5 Å². The molecule has 2 N–H and O–H groups in total. The van der Waals surface area contributed by atoms with Gasteiger partial charge >= 0.3 is 0 Å². The van der Waals surface area contributed by atoms with Crippen molar-refractivity contribution in [2.24, 2.45) is 5.92 Å². The van der Waals surface area contributed by atoms with Gasteiger partial charge in [-0.1, -0.05) is 31.9 Å². The minimum absolute atomic E-state index is 0.0214. The summed E-state index contributed by atoms with van der Waals surface area (Å²) in [5.74, 6) is 1.60. The molecule has 1 saturated carbocycles. The Morgan fingerprint density at radius 2 is 1.95 bits per heavy atom. The highest BCUT2D eigenvalue weighted by atomic mass is 16.5. The molecule has 1 aromatic rings. The number of hydrogen-bond donors (Lipinski definition) is 2. The highest BCUT2D eigenvalue weighted by Gasteiger charge is 2.17. The lowest BCUT2D eigenvalue weighted by Crippen LogP contribution is -2.17. The number of phenolic OH excluding ortho intramolecular Hbond substituents is 1. The molecule has 124 valence electrons. The Labute approximate surface area is 134 Å². The van der Waals surface area contributed by atoms with Crippen molar-refractivity contribution in [1.29, 1.82) is 0 Å². The molecule has 3 nitrogen and oxygen atoms in total. The van der Waals surface area contributed by atoms with Crippen LogP contribution in [0.2, 0.25) is 0 Å². The van der Waals surface area contributed by atoms with Gasteiger partial charge in [0.2, 0.25) is 0 Å². The van der Waals surface area contributed by atoms with Crippen LogP contribution in [0.25, 0.3) is 0 Å². The second-order valence-corrected chi connectivity index (χ2v) is 5.96. The largest absolute Gasteiger partial charge is 0.504 e. The Hall–Kier alpha value is -1.48. The van der Waals surface area contributed by atoms with Crippen LogP contribution in [0.4, 0.5) is 0 Å². The number of rotatable bonds is 5. The van der Waals surface area contributed by atoms with Crippen LogP contribution in [0.3, 0.4) is 0 Å². The van der Waals surface area contributed by atoms with Gasteiger partial charge in [-0.3, -0.25) is 0 Å². The summed E-state index contributed by atoms with van der Waals surface area (Å²) in [5, 5.41) is 18.4. The van der Waals surface area contributed by atoms with E-state index in [1.807, 2.05) is 12.1 Å². The molecule has 3 heteroatoms. The Morgan fingerprint density at radius 3 is 2.50 bits per heavy atom. The van der Waals surface area contributed by atoms with E-state index in [4.69, 9.17) is 4.74 Å². The van der Waals surface area contributed by atoms with Crippen LogP contribution in [0, 0.1) is 5.92 Å². The van der Waals surface area contributed by atoms with E-state index in [0.717, 1.165) is 30.7 Å². The van der Waals surface area contributed by atoms with E-state index < -0.39 is 0 Å². The monoisotopic (exact) mass is 306 g/mol. The molecule has 0 heterocycles. The number of allylic oxidation sites excluding steroid dienone is 1. The van der Waals surface area contributed by atoms with E-state index in [9.17, 15) is 10.2 Å². The second-order valence-electron chi connectivity index (χ2n) is 5.96. The lowest BCUT2D eigenvalue weighted by Gasteiger charge is -2.24. The van der Waals surface area contributed by atoms with Crippen LogP contribution >= 0.6 is 0 Å². The van der Waals surface area contributed by atoms with Gasteiger partial charge in [0.25, 0.3) is 0 Å². The van der Waals surface area contributed by atoms with Gasteiger partial charge in [-0.25, -0.2) is 0 Å². The topological polar surface area (TPSA) is 49.7 Å². The molecule has 22 heavy (non-hydrogen) atoms. The minimum atomic E-state index is 0.0214. The standard InChI is InChI=1S/C10H12O2.C9H18O/c1-3-4-8-5-6-9(11)10(7-8)12-2;1-2-3-8-4-6-9(10)7-5-8/h3,5-7,11H,1,4H2,2H3;8-10H,2-7H2,1H3. The summed E-state index contributed by atoms with van der Waals surface area (Å²) in [7, 11) is 1.53. The van der Waals surface area contributed by atoms with Crippen molar-refractivity contribution in [3.8, 4) is 11.5 Å². The molecule has 0 spiro atoms. The molecule has 0 amide bonds. The molecule has 0 unspecified atom stereocenters. The maximum absolute atomic E-state index is 9.25. The molecule has 1 aliphatic rings. The number of methoxy groups -OCH3 is 1. The molecule has 0 bridgehead atoms. The quantitative estimate of drug-likeness (QED) is 0.789. The van der Waals surface area contributed by atoms with E-state index in [2.05, 4.69) is 13.5 Å². The third-order valence-corrected chi connectivity index (χ3v) is 4.14. The Kier molecular flexibility index (Phi) is 8.68. The molecule has 0 aromatic heterocycles. The van der Waals surface area contributed by atoms with E-state index in [1.165, 1.54) is 32.8 Å². The average molecular weight is 306 g/mol. The Bertz CT molecular complexity index is 434. The third kappa shape index (κ3) is 6.52. The summed E-state index contributed by atoms with van der Waals surface area (Å²) >= 11 is 0. The van der Waals surface area contributed by atoms with Crippen molar-refractivity contribution in [3.05, 3.63) is 36.4 Å². The van der Waals surface area contributed by atoms with Gasteiger partial charge in [0.1, 0.15) is 0 Å². The number of aromatic hydroxyl groups is 1. The van der Waals surface area contributed by atoms with Crippen LogP contribution in [0.1, 0.15) is 51.0 Å². The van der Waals surface area contributed by atoms with Crippen molar-refractivity contribution in [1.82, 2.24) is 0 Å². The van der Waals surface area contributed by atoms with E-state index in [1.54, 1.807) is 12.1 Å². The van der Waals surface area contributed by atoms with Crippen LogP contribution in [0.15, 0.2) is 30.9 Å². The van der Waals surface area contributed by atoms with E-state index >= 15 is 0 Å². The second kappa shape index (κ2) is 10.3. The summed E-state index contributed by atoms with van der Waals surface area (Å²) in [6.45, 7) is 5.87. The fourth-order valence-corrected chi connectivity index (χ4v) is 2.86. The van der Waals surface area contributed by atoms with E-state index in [0.29, 0.717) is 5.75 Å². The summed E-state index contributed by atoms with van der Waals surface area (Å²) in [5.41, 5.74) is 1.08. The van der Waals surface area contributed by atoms with Crippen molar-refractivity contribution in [3.63, 3.8) is 0 Å². The first-order valence-corrected chi connectivity index (χ1v) is 8.25. The summed E-state index contributed by atoms with van der Waals surface area (Å²) in [4.78, 5) is 0. The van der Waals surface area contributed by atoms with Crippen molar-refractivity contribution < 1.29 is 14.9 Å². The van der Waals surface area contributed by atoms with Gasteiger partial charge < -0.3 is 14.9 Å². The van der Waals surface area contributed by atoms with Crippen molar-refractivity contribution in [2.45, 2.75) is 58.0 Å². The normalized spacial score (nSPS) is 20.7. The predicted molar refractivity (Wildman–Crippen MR) is 91.4 cm³/mol. The SMILES string of the molecule is C=CCc1ccc(O)c(OC)c1.CCCC1CCC(O)CC1. The van der Waals surface area contributed by atoms with Gasteiger partial charge in [-0.05, 0) is 55.7 Å². The summed E-state index contributed by atoms with van der Waals surface area (Å²) in [6, 6.07) is 5.27. The number of aliphatic hydroxyl groups excluding tert-OH is 1. The van der Waals surface area contributed by atoms with Crippen LogP contribution in [-0.4, -0.2) is 23.4 Å². The maximum Gasteiger partial charge on any atom is 0.160 e. The van der Waals surface area contributed by atoms with Gasteiger partial charge in [0.05, 0.1) is 13.2 Å². The number of benzene rings is 1. The smallest absolute Gasteiger partial charge is 0.160 e. The first-order chi connectivity index (χ1) is 10.6. The molecule has 0 atom stereocenters. The predicted octanol–water partition coefficient (Wildman–Crippen LogP) is 4.47. The molecule has 0 radical (unpaired) electrons. The maximum atomic E-state index is 9.25. The van der Waals surface area contributed by atoms with Crippen molar-refractivity contribution in [2.75, 3.05) is 7.11 Å². The zero-order valence-electron chi connectivity index (χ0n) is 13.9. The zero-order valence-corrected chi connectivity index (χ0v) is 13.9. The van der Waals surface area contributed by atoms with Crippen LogP contribution < -0.4 is 4.74 Å². The lowest BCUT2D eigenvalue weighted by molar-refractivity contribution is 0.106. The molecular weight excluding hydrogens is 276 g/mol. The van der Waals surface area contributed by atoms with Gasteiger partial charge in [-0.15, -0.1) is 6.58 Å². The third-order valence-electron chi connectivity index (χ3n) is 4.14. The van der Waals surface area contributed by atoms with Crippen LogP contribution in [-0.2, 0) is 6.42 Å². The fraction of sp³-hybridized carbons (Fsp3) is 0.579. The number of phenols is 1. The lowest BCUT2D eigenvalue weighted by atomic mass is 9.85. The minimum Gasteiger partial charge on any atom is -0.504 e. The molecule has 1 fully saturated rings. The molecule has 0 aliphatic heterocycles. The molecule has 1 aromatic carbocycles. The van der Waals surface area contributed by atoms with Gasteiger partial charge in [0.15, 0.2) is 11.5 Å². The molecule has 2 rings (SSSR count). The first kappa shape index (κ1) is 18.6. The zero-order chi connectivity index (χ0) is 16.4. The first-order valence-electron chi connectivity index (χ1n) is 8.25. The number of ether oxygens (including phenoxy) is 1. The highest BCUT2D eigenvalue weighted by molar-refractivity contribution is 5.42. The average Bonchev–Trinajstić information content (AvgIpc) is 2.53. The Balaban J connectivity index is 0.000000224. The highest BCUT2D eigenvalue weighted by Crippen LogP contribution is 2.27. The molecule has 1 aliphatic carbocycles.